The molecule has 1 fully saturated rings. The highest BCUT2D eigenvalue weighted by atomic mass is 32.1. The Kier molecular flexibility index (Phi) is 3.80. The molecule has 0 unspecified atom stereocenters. The zero-order chi connectivity index (χ0) is 16.7. The number of carbonyl (C=O) groups is 1. The van der Waals surface area contributed by atoms with Gasteiger partial charge in [0.1, 0.15) is 0 Å². The standard InChI is InChI=1S/C17H19N5OS/c1-11(2)21(10-12-6-4-3-5-7-12)16(23)15-20-22-14(13-8-9-13)18-19-17(22)24-15/h3-7,11,13H,8-10H2,1-2H3. The van der Waals surface area contributed by atoms with E-state index in [0.717, 1.165) is 24.2 Å². The highest BCUT2D eigenvalue weighted by Crippen LogP contribution is 2.39. The third kappa shape index (κ3) is 2.80. The van der Waals surface area contributed by atoms with Crippen molar-refractivity contribution in [2.75, 3.05) is 0 Å². The van der Waals surface area contributed by atoms with Gasteiger partial charge in [0.25, 0.3) is 5.91 Å². The van der Waals surface area contributed by atoms with Crippen molar-refractivity contribution in [2.45, 2.75) is 45.2 Å². The molecule has 0 saturated heterocycles. The van der Waals surface area contributed by atoms with Crippen LogP contribution in [-0.2, 0) is 6.54 Å². The molecule has 24 heavy (non-hydrogen) atoms. The number of carbonyl (C=O) groups excluding carboxylic acids is 1. The summed E-state index contributed by atoms with van der Waals surface area (Å²) >= 11 is 1.31. The number of hydrogen-bond donors (Lipinski definition) is 0. The highest BCUT2D eigenvalue weighted by Gasteiger charge is 2.31. The molecular formula is C17H19N5OS. The minimum absolute atomic E-state index is 0.0499. The molecule has 1 aromatic carbocycles. The Balaban J connectivity index is 1.62. The van der Waals surface area contributed by atoms with E-state index >= 15 is 0 Å². The van der Waals surface area contributed by atoms with Crippen molar-refractivity contribution in [3.05, 3.63) is 46.7 Å². The summed E-state index contributed by atoms with van der Waals surface area (Å²) in [6.45, 7) is 4.63. The number of aromatic nitrogens is 4. The molecule has 2 heterocycles. The van der Waals surface area contributed by atoms with Gasteiger partial charge in [0.15, 0.2) is 5.82 Å². The van der Waals surface area contributed by atoms with Gasteiger partial charge in [0.2, 0.25) is 9.97 Å². The van der Waals surface area contributed by atoms with Crippen LogP contribution in [0.3, 0.4) is 0 Å². The van der Waals surface area contributed by atoms with Gasteiger partial charge in [-0.15, -0.1) is 15.3 Å². The SMILES string of the molecule is CC(C)N(Cc1ccccc1)C(=O)c1nn2c(C3CC3)nnc2s1. The Morgan fingerprint density at radius 3 is 2.71 bits per heavy atom. The average Bonchev–Trinajstić information content (AvgIpc) is 3.20. The second-order valence-electron chi connectivity index (χ2n) is 6.45. The number of benzene rings is 1. The molecule has 6 nitrogen and oxygen atoms in total. The van der Waals surface area contributed by atoms with Crippen molar-refractivity contribution in [3.63, 3.8) is 0 Å². The molecule has 7 heteroatoms. The monoisotopic (exact) mass is 341 g/mol. The minimum atomic E-state index is -0.0499. The third-order valence-electron chi connectivity index (χ3n) is 4.22. The van der Waals surface area contributed by atoms with Crippen molar-refractivity contribution in [2.24, 2.45) is 0 Å². The molecule has 0 spiro atoms. The summed E-state index contributed by atoms with van der Waals surface area (Å²) < 4.78 is 1.75. The smallest absolute Gasteiger partial charge is 0.285 e. The molecule has 1 aliphatic rings. The number of hydrogen-bond acceptors (Lipinski definition) is 5. The topological polar surface area (TPSA) is 63.4 Å². The van der Waals surface area contributed by atoms with Crippen LogP contribution in [0.1, 0.15) is 53.8 Å². The lowest BCUT2D eigenvalue weighted by Crippen LogP contribution is -2.36. The van der Waals surface area contributed by atoms with E-state index in [-0.39, 0.29) is 11.9 Å². The van der Waals surface area contributed by atoms with Crippen molar-refractivity contribution in [1.82, 2.24) is 24.7 Å². The molecule has 3 aromatic rings. The second kappa shape index (κ2) is 5.98. The van der Waals surface area contributed by atoms with Crippen LogP contribution < -0.4 is 0 Å². The maximum atomic E-state index is 13.0. The summed E-state index contributed by atoms with van der Waals surface area (Å²) in [5.41, 5.74) is 1.11. The van der Waals surface area contributed by atoms with Crippen LogP contribution in [0, 0.1) is 0 Å². The largest absolute Gasteiger partial charge is 0.330 e. The van der Waals surface area contributed by atoms with Gasteiger partial charge in [-0.25, -0.2) is 0 Å². The predicted molar refractivity (Wildman–Crippen MR) is 92.1 cm³/mol. The Hall–Kier alpha value is -2.28. The number of rotatable bonds is 5. The minimum Gasteiger partial charge on any atom is -0.330 e. The fraction of sp³-hybridized carbons (Fsp3) is 0.412. The first-order valence-electron chi connectivity index (χ1n) is 8.20. The van der Waals surface area contributed by atoms with Crippen molar-refractivity contribution >= 4 is 22.2 Å². The van der Waals surface area contributed by atoms with Crippen LogP contribution in [0.25, 0.3) is 4.96 Å². The van der Waals surface area contributed by atoms with Gasteiger partial charge in [0.05, 0.1) is 0 Å². The average molecular weight is 341 g/mol. The zero-order valence-electron chi connectivity index (χ0n) is 13.7. The van der Waals surface area contributed by atoms with E-state index in [2.05, 4.69) is 15.3 Å². The van der Waals surface area contributed by atoms with Gasteiger partial charge in [-0.3, -0.25) is 4.79 Å². The van der Waals surface area contributed by atoms with Gasteiger partial charge < -0.3 is 4.90 Å². The van der Waals surface area contributed by atoms with Crippen LogP contribution in [0.4, 0.5) is 0 Å². The summed E-state index contributed by atoms with van der Waals surface area (Å²) in [5.74, 6) is 1.29. The first-order chi connectivity index (χ1) is 11.6. The maximum absolute atomic E-state index is 13.0. The fourth-order valence-corrected chi connectivity index (χ4v) is 3.51. The zero-order valence-corrected chi connectivity index (χ0v) is 14.5. The van der Waals surface area contributed by atoms with Crippen LogP contribution in [0.15, 0.2) is 30.3 Å². The molecule has 0 aliphatic heterocycles. The fourth-order valence-electron chi connectivity index (χ4n) is 2.71. The van der Waals surface area contributed by atoms with E-state index in [9.17, 15) is 4.79 Å². The lowest BCUT2D eigenvalue weighted by Gasteiger charge is -2.25. The lowest BCUT2D eigenvalue weighted by molar-refractivity contribution is 0.0688. The molecule has 0 bridgehead atoms. The molecule has 2 aromatic heterocycles. The molecule has 1 aliphatic carbocycles. The Bertz CT molecular complexity index is 866. The molecule has 0 atom stereocenters. The molecular weight excluding hydrogens is 322 g/mol. The Labute approximate surface area is 144 Å². The van der Waals surface area contributed by atoms with E-state index < -0.39 is 0 Å². The summed E-state index contributed by atoms with van der Waals surface area (Å²) in [5, 5.41) is 13.3. The Morgan fingerprint density at radius 1 is 1.29 bits per heavy atom. The van der Waals surface area contributed by atoms with Crippen LogP contribution in [-0.4, -0.2) is 36.7 Å². The van der Waals surface area contributed by atoms with Crippen LogP contribution in [0.5, 0.6) is 0 Å². The van der Waals surface area contributed by atoms with Crippen LogP contribution >= 0.6 is 11.3 Å². The van der Waals surface area contributed by atoms with E-state index in [1.807, 2.05) is 49.1 Å². The van der Waals surface area contributed by atoms with Gasteiger partial charge >= 0.3 is 0 Å². The lowest BCUT2D eigenvalue weighted by atomic mass is 10.2. The van der Waals surface area contributed by atoms with E-state index in [1.54, 1.807) is 4.52 Å². The van der Waals surface area contributed by atoms with Crippen molar-refractivity contribution < 1.29 is 4.79 Å². The quantitative estimate of drug-likeness (QED) is 0.715. The summed E-state index contributed by atoms with van der Waals surface area (Å²) in [4.78, 5) is 15.5. The molecule has 4 rings (SSSR count). The number of fused-ring (bicyclic) bond motifs is 1. The first kappa shape index (κ1) is 15.3. The normalized spacial score (nSPS) is 14.5. The van der Waals surface area contributed by atoms with E-state index in [1.165, 1.54) is 11.3 Å². The summed E-state index contributed by atoms with van der Waals surface area (Å²) in [6, 6.07) is 10.1. The van der Waals surface area contributed by atoms with Gasteiger partial charge in [-0.05, 0) is 32.3 Å². The van der Waals surface area contributed by atoms with Crippen LogP contribution in [0.2, 0.25) is 0 Å². The second-order valence-corrected chi connectivity index (χ2v) is 7.40. The Morgan fingerprint density at radius 2 is 2.04 bits per heavy atom. The molecule has 0 N–H and O–H groups in total. The molecule has 1 amide bonds. The maximum Gasteiger partial charge on any atom is 0.285 e. The number of amides is 1. The summed E-state index contributed by atoms with van der Waals surface area (Å²) in [6.07, 6.45) is 2.27. The number of nitrogens with zero attached hydrogens (tertiary/aromatic N) is 5. The van der Waals surface area contributed by atoms with E-state index in [4.69, 9.17) is 0 Å². The highest BCUT2D eigenvalue weighted by molar-refractivity contribution is 7.18. The molecule has 0 radical (unpaired) electrons. The summed E-state index contributed by atoms with van der Waals surface area (Å²) in [7, 11) is 0. The van der Waals surface area contributed by atoms with Gasteiger partial charge in [-0.2, -0.15) is 4.52 Å². The molecule has 124 valence electrons. The van der Waals surface area contributed by atoms with Crippen molar-refractivity contribution in [3.8, 4) is 0 Å². The van der Waals surface area contributed by atoms with Gasteiger partial charge in [-0.1, -0.05) is 41.7 Å². The van der Waals surface area contributed by atoms with Crippen molar-refractivity contribution in [1.29, 1.82) is 0 Å². The van der Waals surface area contributed by atoms with Gasteiger partial charge in [0, 0.05) is 18.5 Å². The molecule has 1 saturated carbocycles. The van der Waals surface area contributed by atoms with E-state index in [0.29, 0.717) is 22.4 Å². The predicted octanol–water partition coefficient (Wildman–Crippen LogP) is 3.11. The third-order valence-corrected chi connectivity index (χ3v) is 5.11. The first-order valence-corrected chi connectivity index (χ1v) is 9.02.